The molecule has 0 aliphatic rings. The summed E-state index contributed by atoms with van der Waals surface area (Å²) in [6.07, 6.45) is 0. The normalized spacial score (nSPS) is 12.0. The van der Waals surface area contributed by atoms with E-state index in [9.17, 15) is 9.50 Å². The van der Waals surface area contributed by atoms with Crippen LogP contribution in [-0.4, -0.2) is 18.8 Å². The fraction of sp³-hybridized carbons (Fsp3) is 0.250. The zero-order valence-corrected chi connectivity index (χ0v) is 11.6. The number of hydrogen-bond donors (Lipinski definition) is 2. The van der Waals surface area contributed by atoms with E-state index in [4.69, 9.17) is 4.74 Å². The molecule has 0 saturated carbocycles. The van der Waals surface area contributed by atoms with Gasteiger partial charge in [-0.2, -0.15) is 0 Å². The van der Waals surface area contributed by atoms with Crippen molar-refractivity contribution in [3.63, 3.8) is 0 Å². The number of anilines is 1. The van der Waals surface area contributed by atoms with Crippen LogP contribution >= 0.6 is 0 Å². The van der Waals surface area contributed by atoms with E-state index in [-0.39, 0.29) is 18.5 Å². The maximum atomic E-state index is 13.1. The van der Waals surface area contributed by atoms with Gasteiger partial charge in [0.1, 0.15) is 11.6 Å². The largest absolute Gasteiger partial charge is 0.497 e. The van der Waals surface area contributed by atoms with Crippen molar-refractivity contribution in [2.75, 3.05) is 19.0 Å². The van der Waals surface area contributed by atoms with Gasteiger partial charge in [-0.3, -0.25) is 0 Å². The minimum Gasteiger partial charge on any atom is -0.497 e. The SMILES string of the molecule is COc1ccc(NC(CO)c2ccc(F)cc2C)cc1. The molecule has 0 heterocycles. The molecule has 106 valence electrons. The molecule has 0 fully saturated rings. The smallest absolute Gasteiger partial charge is 0.123 e. The highest BCUT2D eigenvalue weighted by Crippen LogP contribution is 2.24. The molecule has 0 spiro atoms. The lowest BCUT2D eigenvalue weighted by Crippen LogP contribution is -2.16. The summed E-state index contributed by atoms with van der Waals surface area (Å²) in [6, 6.07) is 11.7. The van der Waals surface area contributed by atoms with Gasteiger partial charge in [0.2, 0.25) is 0 Å². The van der Waals surface area contributed by atoms with Crippen LogP contribution in [0.1, 0.15) is 17.2 Å². The Morgan fingerprint density at radius 3 is 2.45 bits per heavy atom. The molecule has 1 atom stereocenters. The van der Waals surface area contributed by atoms with E-state index in [1.54, 1.807) is 13.2 Å². The highest BCUT2D eigenvalue weighted by atomic mass is 19.1. The van der Waals surface area contributed by atoms with Gasteiger partial charge in [0, 0.05) is 5.69 Å². The van der Waals surface area contributed by atoms with Crippen molar-refractivity contribution >= 4 is 5.69 Å². The number of benzene rings is 2. The molecule has 20 heavy (non-hydrogen) atoms. The van der Waals surface area contributed by atoms with E-state index in [1.165, 1.54) is 12.1 Å². The molecule has 0 aromatic heterocycles. The van der Waals surface area contributed by atoms with E-state index in [0.29, 0.717) is 0 Å². The predicted octanol–water partition coefficient (Wildman–Crippen LogP) is 3.29. The molecule has 1 unspecified atom stereocenters. The third-order valence-electron chi connectivity index (χ3n) is 3.22. The van der Waals surface area contributed by atoms with Crippen LogP contribution in [0.3, 0.4) is 0 Å². The number of aliphatic hydroxyl groups is 1. The summed E-state index contributed by atoms with van der Waals surface area (Å²) < 4.78 is 18.2. The maximum absolute atomic E-state index is 13.1. The topological polar surface area (TPSA) is 41.5 Å². The van der Waals surface area contributed by atoms with Crippen LogP contribution < -0.4 is 10.1 Å². The summed E-state index contributed by atoms with van der Waals surface area (Å²) >= 11 is 0. The lowest BCUT2D eigenvalue weighted by Gasteiger charge is -2.20. The Labute approximate surface area is 118 Å². The van der Waals surface area contributed by atoms with Crippen LogP contribution in [0.2, 0.25) is 0 Å². The van der Waals surface area contributed by atoms with Crippen LogP contribution in [0.5, 0.6) is 5.75 Å². The number of aryl methyl sites for hydroxylation is 1. The van der Waals surface area contributed by atoms with E-state index in [2.05, 4.69) is 5.32 Å². The molecule has 4 heteroatoms. The fourth-order valence-electron chi connectivity index (χ4n) is 2.14. The highest BCUT2D eigenvalue weighted by Gasteiger charge is 2.13. The number of methoxy groups -OCH3 is 1. The van der Waals surface area contributed by atoms with E-state index < -0.39 is 0 Å². The van der Waals surface area contributed by atoms with E-state index >= 15 is 0 Å². The maximum Gasteiger partial charge on any atom is 0.123 e. The van der Waals surface area contributed by atoms with Crippen molar-refractivity contribution in [2.24, 2.45) is 0 Å². The predicted molar refractivity (Wildman–Crippen MR) is 77.6 cm³/mol. The second kappa shape index (κ2) is 6.39. The minimum atomic E-state index is -0.274. The van der Waals surface area contributed by atoms with Crippen molar-refractivity contribution in [3.05, 3.63) is 59.4 Å². The standard InChI is InChI=1S/C16H18FNO2/c1-11-9-12(17)3-8-15(11)16(10-19)18-13-4-6-14(20-2)7-5-13/h3-9,16,18-19H,10H2,1-2H3. The first kappa shape index (κ1) is 14.3. The number of halogens is 1. The monoisotopic (exact) mass is 275 g/mol. The number of nitrogens with one attached hydrogen (secondary N) is 1. The van der Waals surface area contributed by atoms with Crippen LogP contribution in [0.15, 0.2) is 42.5 Å². The summed E-state index contributed by atoms with van der Waals surface area (Å²) in [7, 11) is 1.61. The van der Waals surface area contributed by atoms with Crippen molar-refractivity contribution in [2.45, 2.75) is 13.0 Å². The summed E-state index contributed by atoms with van der Waals surface area (Å²) in [4.78, 5) is 0. The summed E-state index contributed by atoms with van der Waals surface area (Å²) in [6.45, 7) is 1.76. The summed E-state index contributed by atoms with van der Waals surface area (Å²) in [5.74, 6) is 0.501. The van der Waals surface area contributed by atoms with Crippen LogP contribution in [-0.2, 0) is 0 Å². The van der Waals surface area contributed by atoms with Gasteiger partial charge in [-0.25, -0.2) is 4.39 Å². The highest BCUT2D eigenvalue weighted by molar-refractivity contribution is 5.49. The van der Waals surface area contributed by atoms with Crippen molar-refractivity contribution < 1.29 is 14.2 Å². The molecule has 0 aliphatic heterocycles. The van der Waals surface area contributed by atoms with Gasteiger partial charge in [0.25, 0.3) is 0 Å². The molecule has 3 nitrogen and oxygen atoms in total. The quantitative estimate of drug-likeness (QED) is 0.879. The summed E-state index contributed by atoms with van der Waals surface area (Å²) in [5.41, 5.74) is 2.56. The van der Waals surface area contributed by atoms with Gasteiger partial charge in [0.15, 0.2) is 0 Å². The lowest BCUT2D eigenvalue weighted by molar-refractivity contribution is 0.276. The van der Waals surface area contributed by atoms with Crippen molar-refractivity contribution in [1.82, 2.24) is 0 Å². The van der Waals surface area contributed by atoms with Crippen molar-refractivity contribution in [1.29, 1.82) is 0 Å². The Balaban J connectivity index is 2.19. The lowest BCUT2D eigenvalue weighted by atomic mass is 10.0. The third-order valence-corrected chi connectivity index (χ3v) is 3.22. The minimum absolute atomic E-state index is 0.0709. The van der Waals surface area contributed by atoms with Gasteiger partial charge in [-0.15, -0.1) is 0 Å². The molecule has 2 rings (SSSR count). The van der Waals surface area contributed by atoms with Crippen molar-refractivity contribution in [3.8, 4) is 5.75 Å². The van der Waals surface area contributed by atoms with Gasteiger partial charge in [-0.05, 0) is 54.4 Å². The summed E-state index contributed by atoms with van der Waals surface area (Å²) in [5, 5.41) is 12.8. The zero-order chi connectivity index (χ0) is 14.5. The Kier molecular flexibility index (Phi) is 4.58. The van der Waals surface area contributed by atoms with Crippen LogP contribution in [0, 0.1) is 12.7 Å². The van der Waals surface area contributed by atoms with E-state index in [0.717, 1.165) is 22.6 Å². The van der Waals surface area contributed by atoms with E-state index in [1.807, 2.05) is 31.2 Å². The van der Waals surface area contributed by atoms with Gasteiger partial charge in [-0.1, -0.05) is 6.07 Å². The fourth-order valence-corrected chi connectivity index (χ4v) is 2.14. The Hall–Kier alpha value is -2.07. The first-order chi connectivity index (χ1) is 9.63. The van der Waals surface area contributed by atoms with Crippen LogP contribution in [0.25, 0.3) is 0 Å². The molecule has 0 amide bonds. The van der Waals surface area contributed by atoms with Crippen LogP contribution in [0.4, 0.5) is 10.1 Å². The molecule has 2 N–H and O–H groups in total. The molecule has 2 aromatic carbocycles. The Morgan fingerprint density at radius 2 is 1.90 bits per heavy atom. The zero-order valence-electron chi connectivity index (χ0n) is 11.6. The molecule has 0 saturated heterocycles. The number of rotatable bonds is 5. The molecule has 0 aliphatic carbocycles. The number of aliphatic hydroxyl groups excluding tert-OH is 1. The molecular formula is C16H18FNO2. The average molecular weight is 275 g/mol. The van der Waals surface area contributed by atoms with Gasteiger partial charge >= 0.3 is 0 Å². The number of hydrogen-bond acceptors (Lipinski definition) is 3. The van der Waals surface area contributed by atoms with Gasteiger partial charge < -0.3 is 15.2 Å². The number of ether oxygens (including phenoxy) is 1. The Bertz CT molecular complexity index is 569. The molecular weight excluding hydrogens is 257 g/mol. The molecule has 0 radical (unpaired) electrons. The third kappa shape index (κ3) is 3.27. The molecule has 0 bridgehead atoms. The first-order valence-corrected chi connectivity index (χ1v) is 6.41. The average Bonchev–Trinajstić information content (AvgIpc) is 2.46. The van der Waals surface area contributed by atoms with Gasteiger partial charge in [0.05, 0.1) is 19.8 Å². The Morgan fingerprint density at radius 1 is 1.20 bits per heavy atom. The first-order valence-electron chi connectivity index (χ1n) is 6.41. The second-order valence-corrected chi connectivity index (χ2v) is 4.61. The molecule has 2 aromatic rings. The second-order valence-electron chi connectivity index (χ2n) is 4.61.